The van der Waals surface area contributed by atoms with Crippen LogP contribution in [-0.2, 0) is 4.74 Å². The number of aromatic nitrogens is 2. The first-order valence-electron chi connectivity index (χ1n) is 7.30. The minimum Gasteiger partial charge on any atom is -0.481 e. The number of piperidine rings is 1. The van der Waals surface area contributed by atoms with E-state index in [1.54, 1.807) is 19.4 Å². The molecule has 0 aliphatic carbocycles. The number of ether oxygens (including phenoxy) is 2. The lowest BCUT2D eigenvalue weighted by Gasteiger charge is -2.35. The van der Waals surface area contributed by atoms with Gasteiger partial charge >= 0.3 is 0 Å². The number of hydrogen-bond donors (Lipinski definition) is 1. The first-order chi connectivity index (χ1) is 9.85. The van der Waals surface area contributed by atoms with Crippen LogP contribution in [0.1, 0.15) is 19.3 Å². The highest BCUT2D eigenvalue weighted by molar-refractivity contribution is 5.29. The van der Waals surface area contributed by atoms with Crippen LogP contribution in [0.3, 0.4) is 0 Å². The third-order valence-corrected chi connectivity index (χ3v) is 4.12. The predicted molar refractivity (Wildman–Crippen MR) is 76.0 cm³/mol. The fourth-order valence-electron chi connectivity index (χ4n) is 2.93. The Morgan fingerprint density at radius 3 is 2.90 bits per heavy atom. The van der Waals surface area contributed by atoms with E-state index in [1.807, 2.05) is 0 Å². The summed E-state index contributed by atoms with van der Waals surface area (Å²) in [6, 6.07) is 2.83. The number of hydrogen-bond acceptors (Lipinski definition) is 6. The number of nitrogens with zero attached hydrogens (tertiary/aromatic N) is 3. The van der Waals surface area contributed by atoms with Gasteiger partial charge in [0.15, 0.2) is 0 Å². The van der Waals surface area contributed by atoms with Crippen LogP contribution < -0.4 is 10.1 Å². The summed E-state index contributed by atoms with van der Waals surface area (Å²) >= 11 is 0. The lowest BCUT2D eigenvalue weighted by Crippen LogP contribution is -2.45. The van der Waals surface area contributed by atoms with Crippen LogP contribution >= 0.6 is 0 Å². The molecule has 2 aliphatic heterocycles. The SMILES string of the molecule is COc1ccnc(NC2CCN(C3CCOC3)CC2)n1. The number of anilines is 1. The molecule has 0 radical (unpaired) electrons. The molecule has 1 aromatic rings. The zero-order valence-electron chi connectivity index (χ0n) is 11.9. The molecule has 110 valence electrons. The lowest BCUT2D eigenvalue weighted by molar-refractivity contribution is 0.124. The second-order valence-electron chi connectivity index (χ2n) is 5.39. The van der Waals surface area contributed by atoms with Crippen molar-refractivity contribution in [3.05, 3.63) is 12.3 Å². The molecular formula is C14H22N4O2. The third kappa shape index (κ3) is 3.19. The molecule has 0 spiro atoms. The average Bonchev–Trinajstić information content (AvgIpc) is 3.02. The predicted octanol–water partition coefficient (Wildman–Crippen LogP) is 1.15. The summed E-state index contributed by atoms with van der Waals surface area (Å²) in [5.41, 5.74) is 0. The van der Waals surface area contributed by atoms with Crippen LogP contribution in [0.4, 0.5) is 5.95 Å². The molecule has 1 N–H and O–H groups in total. The molecule has 1 atom stereocenters. The van der Waals surface area contributed by atoms with Gasteiger partial charge < -0.3 is 14.8 Å². The Bertz CT molecular complexity index is 429. The standard InChI is InChI=1S/C14H22N4O2/c1-19-13-2-6-15-14(17-13)16-11-3-7-18(8-4-11)12-5-9-20-10-12/h2,6,11-12H,3-5,7-10H2,1H3,(H,15,16,17). The topological polar surface area (TPSA) is 59.5 Å². The Kier molecular flexibility index (Phi) is 4.32. The second kappa shape index (κ2) is 6.37. The van der Waals surface area contributed by atoms with E-state index in [2.05, 4.69) is 20.2 Å². The maximum absolute atomic E-state index is 5.47. The van der Waals surface area contributed by atoms with Crippen LogP contribution in [0.2, 0.25) is 0 Å². The van der Waals surface area contributed by atoms with E-state index in [-0.39, 0.29) is 0 Å². The van der Waals surface area contributed by atoms with E-state index in [0.29, 0.717) is 23.9 Å². The van der Waals surface area contributed by atoms with Gasteiger partial charge in [-0.05, 0) is 19.3 Å². The van der Waals surface area contributed by atoms with Crippen molar-refractivity contribution in [2.75, 3.05) is 38.7 Å². The highest BCUT2D eigenvalue weighted by atomic mass is 16.5. The molecule has 0 aromatic carbocycles. The molecule has 3 rings (SSSR count). The first-order valence-corrected chi connectivity index (χ1v) is 7.30. The van der Waals surface area contributed by atoms with Crippen LogP contribution in [0.15, 0.2) is 12.3 Å². The van der Waals surface area contributed by atoms with Crippen molar-refractivity contribution in [2.45, 2.75) is 31.3 Å². The fraction of sp³-hybridized carbons (Fsp3) is 0.714. The molecule has 0 saturated carbocycles. The van der Waals surface area contributed by atoms with Crippen molar-refractivity contribution >= 4 is 5.95 Å². The summed E-state index contributed by atoms with van der Waals surface area (Å²) in [7, 11) is 1.62. The maximum atomic E-state index is 5.47. The molecule has 0 amide bonds. The van der Waals surface area contributed by atoms with Crippen LogP contribution in [0, 0.1) is 0 Å². The van der Waals surface area contributed by atoms with Gasteiger partial charge in [0.2, 0.25) is 11.8 Å². The van der Waals surface area contributed by atoms with E-state index in [4.69, 9.17) is 9.47 Å². The molecule has 2 fully saturated rings. The fourth-order valence-corrected chi connectivity index (χ4v) is 2.93. The molecule has 6 nitrogen and oxygen atoms in total. The largest absolute Gasteiger partial charge is 0.481 e. The minimum absolute atomic E-state index is 0.445. The van der Waals surface area contributed by atoms with Gasteiger partial charge in [0, 0.05) is 44.0 Å². The maximum Gasteiger partial charge on any atom is 0.226 e. The Labute approximate surface area is 119 Å². The van der Waals surface area contributed by atoms with E-state index in [0.717, 1.165) is 39.1 Å². The number of likely N-dealkylation sites (tertiary alicyclic amines) is 1. The first kappa shape index (κ1) is 13.6. The van der Waals surface area contributed by atoms with Gasteiger partial charge in [-0.15, -0.1) is 0 Å². The Hall–Kier alpha value is -1.40. The van der Waals surface area contributed by atoms with Gasteiger partial charge in [-0.25, -0.2) is 4.98 Å². The molecule has 2 saturated heterocycles. The third-order valence-electron chi connectivity index (χ3n) is 4.12. The highest BCUT2D eigenvalue weighted by Crippen LogP contribution is 2.20. The van der Waals surface area contributed by atoms with E-state index in [9.17, 15) is 0 Å². The summed E-state index contributed by atoms with van der Waals surface area (Å²) in [6.07, 6.45) is 5.14. The van der Waals surface area contributed by atoms with E-state index in [1.165, 1.54) is 6.42 Å². The smallest absolute Gasteiger partial charge is 0.226 e. The van der Waals surface area contributed by atoms with Crippen molar-refractivity contribution in [3.63, 3.8) is 0 Å². The summed E-state index contributed by atoms with van der Waals surface area (Å²) in [5.74, 6) is 1.26. The summed E-state index contributed by atoms with van der Waals surface area (Å²) in [4.78, 5) is 11.1. The number of nitrogens with one attached hydrogen (secondary N) is 1. The van der Waals surface area contributed by atoms with Gasteiger partial charge in [0.25, 0.3) is 0 Å². The van der Waals surface area contributed by atoms with Crippen molar-refractivity contribution < 1.29 is 9.47 Å². The molecule has 1 unspecified atom stereocenters. The second-order valence-corrected chi connectivity index (χ2v) is 5.39. The van der Waals surface area contributed by atoms with Crippen LogP contribution in [0.5, 0.6) is 5.88 Å². The lowest BCUT2D eigenvalue weighted by atomic mass is 10.0. The van der Waals surface area contributed by atoms with Crippen molar-refractivity contribution in [3.8, 4) is 5.88 Å². The minimum atomic E-state index is 0.445. The van der Waals surface area contributed by atoms with Crippen molar-refractivity contribution in [2.24, 2.45) is 0 Å². The summed E-state index contributed by atoms with van der Waals surface area (Å²) in [6.45, 7) is 4.06. The Morgan fingerprint density at radius 1 is 1.35 bits per heavy atom. The van der Waals surface area contributed by atoms with Gasteiger partial charge in [-0.3, -0.25) is 4.90 Å². The number of rotatable bonds is 4. The van der Waals surface area contributed by atoms with E-state index < -0.39 is 0 Å². The number of methoxy groups -OCH3 is 1. The average molecular weight is 278 g/mol. The van der Waals surface area contributed by atoms with Gasteiger partial charge in [0.05, 0.1) is 13.7 Å². The zero-order chi connectivity index (χ0) is 13.8. The summed E-state index contributed by atoms with van der Waals surface area (Å²) < 4.78 is 10.6. The molecule has 1 aromatic heterocycles. The van der Waals surface area contributed by atoms with Gasteiger partial charge in [-0.2, -0.15) is 4.98 Å². The van der Waals surface area contributed by atoms with E-state index >= 15 is 0 Å². The Morgan fingerprint density at radius 2 is 2.20 bits per heavy atom. The normalized spacial score (nSPS) is 24.8. The monoisotopic (exact) mass is 278 g/mol. The molecule has 6 heteroatoms. The van der Waals surface area contributed by atoms with Crippen LogP contribution in [0.25, 0.3) is 0 Å². The molecule has 2 aliphatic rings. The molecular weight excluding hydrogens is 256 g/mol. The van der Waals surface area contributed by atoms with Gasteiger partial charge in [0.1, 0.15) is 0 Å². The molecule has 20 heavy (non-hydrogen) atoms. The molecule has 3 heterocycles. The highest BCUT2D eigenvalue weighted by Gasteiger charge is 2.27. The van der Waals surface area contributed by atoms with Gasteiger partial charge in [-0.1, -0.05) is 0 Å². The zero-order valence-corrected chi connectivity index (χ0v) is 11.9. The van der Waals surface area contributed by atoms with Crippen LogP contribution in [-0.4, -0.2) is 60.4 Å². The molecule has 0 bridgehead atoms. The van der Waals surface area contributed by atoms with Crippen molar-refractivity contribution in [1.29, 1.82) is 0 Å². The quantitative estimate of drug-likeness (QED) is 0.891. The Balaban J connectivity index is 1.50. The van der Waals surface area contributed by atoms with Crippen molar-refractivity contribution in [1.82, 2.24) is 14.9 Å². The summed E-state index contributed by atoms with van der Waals surface area (Å²) in [5, 5.41) is 3.41.